The summed E-state index contributed by atoms with van der Waals surface area (Å²) in [5.41, 5.74) is 2.88. The largest absolute Gasteiger partial charge is 0.334 e. The van der Waals surface area contributed by atoms with E-state index in [4.69, 9.17) is 5.84 Å². The van der Waals surface area contributed by atoms with Crippen LogP contribution in [0.25, 0.3) is 0 Å². The number of hydrogen-bond acceptors (Lipinski definition) is 2. The molecular formula is C15H21N3O. The van der Waals surface area contributed by atoms with Crippen molar-refractivity contribution in [3.05, 3.63) is 35.4 Å². The summed E-state index contributed by atoms with van der Waals surface area (Å²) in [7, 11) is 0. The van der Waals surface area contributed by atoms with E-state index in [0.29, 0.717) is 12.5 Å². The molecule has 1 atom stereocenters. The van der Waals surface area contributed by atoms with Gasteiger partial charge in [0.1, 0.15) is 0 Å². The highest BCUT2D eigenvalue weighted by molar-refractivity contribution is 5.74. The average Bonchev–Trinajstić information content (AvgIpc) is 2.44. The number of rotatable bonds is 2. The fraction of sp³-hybridized carbons (Fsp3) is 0.533. The predicted molar refractivity (Wildman–Crippen MR) is 74.6 cm³/mol. The van der Waals surface area contributed by atoms with E-state index < -0.39 is 0 Å². The summed E-state index contributed by atoms with van der Waals surface area (Å²) in [6.07, 6.45) is 4.53. The van der Waals surface area contributed by atoms with E-state index in [1.54, 1.807) is 0 Å². The molecule has 102 valence electrons. The fourth-order valence-electron chi connectivity index (χ4n) is 3.28. The molecule has 1 aromatic carbocycles. The number of aryl methyl sites for hydroxylation is 1. The van der Waals surface area contributed by atoms with Gasteiger partial charge in [-0.1, -0.05) is 24.3 Å². The number of nitrogens with two attached hydrogens (primary N) is 1. The molecule has 1 fully saturated rings. The summed E-state index contributed by atoms with van der Waals surface area (Å²) >= 11 is 0. The zero-order valence-corrected chi connectivity index (χ0v) is 11.2. The van der Waals surface area contributed by atoms with E-state index >= 15 is 0 Å². The summed E-state index contributed by atoms with van der Waals surface area (Å²) in [5, 5.41) is 1.35. The summed E-state index contributed by atoms with van der Waals surface area (Å²) in [4.78, 5) is 14.0. The molecule has 3 rings (SSSR count). The van der Waals surface area contributed by atoms with Crippen LogP contribution in [0, 0.1) is 0 Å². The van der Waals surface area contributed by atoms with Crippen LogP contribution in [0.3, 0.4) is 0 Å². The molecule has 1 unspecified atom stereocenters. The molecule has 1 aromatic rings. The third-order valence-corrected chi connectivity index (χ3v) is 4.28. The number of hydrazine groups is 1. The van der Waals surface area contributed by atoms with E-state index in [1.165, 1.54) is 35.4 Å². The molecule has 1 saturated heterocycles. The van der Waals surface area contributed by atoms with Gasteiger partial charge < -0.3 is 4.90 Å². The highest BCUT2D eigenvalue weighted by Crippen LogP contribution is 2.32. The van der Waals surface area contributed by atoms with Gasteiger partial charge in [-0.3, -0.25) is 5.01 Å². The van der Waals surface area contributed by atoms with Crippen molar-refractivity contribution in [2.24, 2.45) is 5.84 Å². The van der Waals surface area contributed by atoms with E-state index in [-0.39, 0.29) is 6.03 Å². The number of benzene rings is 1. The van der Waals surface area contributed by atoms with E-state index in [0.717, 1.165) is 19.5 Å². The maximum absolute atomic E-state index is 12.0. The van der Waals surface area contributed by atoms with Gasteiger partial charge in [-0.15, -0.1) is 0 Å². The molecule has 1 aliphatic carbocycles. The summed E-state index contributed by atoms with van der Waals surface area (Å²) in [6.45, 7) is 2.32. The third kappa shape index (κ3) is 2.45. The number of nitrogens with zero attached hydrogens (tertiary/aromatic N) is 2. The van der Waals surface area contributed by atoms with Crippen LogP contribution in [0.5, 0.6) is 0 Å². The Labute approximate surface area is 114 Å². The normalized spacial score (nSPS) is 23.4. The Morgan fingerprint density at radius 3 is 2.95 bits per heavy atom. The molecule has 4 nitrogen and oxygen atoms in total. The number of hydrogen-bond donors (Lipinski definition) is 1. The topological polar surface area (TPSA) is 49.6 Å². The Morgan fingerprint density at radius 1 is 1.21 bits per heavy atom. The van der Waals surface area contributed by atoms with Gasteiger partial charge in [-0.2, -0.15) is 0 Å². The zero-order chi connectivity index (χ0) is 13.2. The van der Waals surface area contributed by atoms with Crippen molar-refractivity contribution in [2.45, 2.75) is 31.6 Å². The molecule has 0 radical (unpaired) electrons. The number of amides is 2. The summed E-state index contributed by atoms with van der Waals surface area (Å²) in [5.74, 6) is 6.18. The van der Waals surface area contributed by atoms with Crippen LogP contribution in [0.2, 0.25) is 0 Å². The van der Waals surface area contributed by atoms with Crippen molar-refractivity contribution in [3.63, 3.8) is 0 Å². The molecule has 2 aliphatic rings. The Kier molecular flexibility index (Phi) is 3.42. The number of urea groups is 1. The minimum Gasteiger partial charge on any atom is -0.323 e. The second kappa shape index (κ2) is 5.21. The zero-order valence-electron chi connectivity index (χ0n) is 11.2. The van der Waals surface area contributed by atoms with Gasteiger partial charge in [0.15, 0.2) is 0 Å². The van der Waals surface area contributed by atoms with Crippen molar-refractivity contribution in [3.8, 4) is 0 Å². The van der Waals surface area contributed by atoms with Gasteiger partial charge in [0.25, 0.3) is 0 Å². The van der Waals surface area contributed by atoms with Crippen molar-refractivity contribution in [1.29, 1.82) is 0 Å². The highest BCUT2D eigenvalue weighted by atomic mass is 16.2. The van der Waals surface area contributed by atoms with Crippen LogP contribution >= 0.6 is 0 Å². The number of carbonyl (C=O) groups excluding carboxylic acids is 1. The molecule has 19 heavy (non-hydrogen) atoms. The molecule has 1 aliphatic heterocycles. The lowest BCUT2D eigenvalue weighted by Crippen LogP contribution is -2.53. The van der Waals surface area contributed by atoms with Crippen molar-refractivity contribution >= 4 is 6.03 Å². The second-order valence-electron chi connectivity index (χ2n) is 5.56. The van der Waals surface area contributed by atoms with Crippen LogP contribution in [-0.4, -0.2) is 35.6 Å². The average molecular weight is 259 g/mol. The van der Waals surface area contributed by atoms with Crippen LogP contribution in [0.1, 0.15) is 36.3 Å². The number of fused-ring (bicyclic) bond motifs is 1. The minimum atomic E-state index is -0.0192. The number of carbonyl (C=O) groups is 1. The molecule has 0 aromatic heterocycles. The maximum Gasteiger partial charge on any atom is 0.334 e. The quantitative estimate of drug-likeness (QED) is 0.653. The first-order valence-electron chi connectivity index (χ1n) is 7.14. The van der Waals surface area contributed by atoms with E-state index in [1.807, 2.05) is 4.90 Å². The van der Waals surface area contributed by atoms with Crippen molar-refractivity contribution in [2.75, 3.05) is 19.6 Å². The first kappa shape index (κ1) is 12.5. The van der Waals surface area contributed by atoms with Crippen LogP contribution < -0.4 is 5.84 Å². The van der Waals surface area contributed by atoms with Gasteiger partial charge in [0.2, 0.25) is 0 Å². The van der Waals surface area contributed by atoms with Crippen LogP contribution in [-0.2, 0) is 6.42 Å². The lowest BCUT2D eigenvalue weighted by molar-refractivity contribution is 0.125. The molecule has 1 heterocycles. The van der Waals surface area contributed by atoms with Crippen molar-refractivity contribution in [1.82, 2.24) is 9.91 Å². The van der Waals surface area contributed by atoms with Gasteiger partial charge >= 0.3 is 6.03 Å². The molecule has 0 spiro atoms. The lowest BCUT2D eigenvalue weighted by atomic mass is 9.82. The smallest absolute Gasteiger partial charge is 0.323 e. The van der Waals surface area contributed by atoms with E-state index in [9.17, 15) is 4.79 Å². The predicted octanol–water partition coefficient (Wildman–Crippen LogP) is 2.11. The van der Waals surface area contributed by atoms with Gasteiger partial charge in [0.05, 0.1) is 0 Å². The molecule has 2 amide bonds. The van der Waals surface area contributed by atoms with Crippen LogP contribution in [0.4, 0.5) is 4.79 Å². The highest BCUT2D eigenvalue weighted by Gasteiger charge is 2.28. The Morgan fingerprint density at radius 2 is 2.05 bits per heavy atom. The second-order valence-corrected chi connectivity index (χ2v) is 5.56. The Hall–Kier alpha value is -1.55. The van der Waals surface area contributed by atoms with Crippen molar-refractivity contribution < 1.29 is 4.79 Å². The molecule has 2 N–H and O–H groups in total. The fourth-order valence-corrected chi connectivity index (χ4v) is 3.28. The molecular weight excluding hydrogens is 238 g/mol. The van der Waals surface area contributed by atoms with E-state index in [2.05, 4.69) is 24.3 Å². The van der Waals surface area contributed by atoms with Gasteiger partial charge in [-0.25, -0.2) is 10.6 Å². The minimum absolute atomic E-state index is 0.0192. The molecule has 0 bridgehead atoms. The SMILES string of the molecule is NN1CCCN(CC2CCCc3ccccc32)C1=O. The third-order valence-electron chi connectivity index (χ3n) is 4.28. The Balaban J connectivity index is 1.76. The van der Waals surface area contributed by atoms with Gasteiger partial charge in [-0.05, 0) is 36.8 Å². The Bertz CT molecular complexity index is 474. The molecule has 4 heteroatoms. The monoisotopic (exact) mass is 259 g/mol. The summed E-state index contributed by atoms with van der Waals surface area (Å²) in [6, 6.07) is 8.62. The first-order chi connectivity index (χ1) is 9.25. The summed E-state index contributed by atoms with van der Waals surface area (Å²) < 4.78 is 0. The van der Waals surface area contributed by atoms with Crippen LogP contribution in [0.15, 0.2) is 24.3 Å². The molecule has 0 saturated carbocycles. The lowest BCUT2D eigenvalue weighted by Gasteiger charge is -2.36. The standard InChI is InChI=1S/C15H21N3O/c16-18-10-4-9-17(15(18)19)11-13-7-3-6-12-5-1-2-8-14(12)13/h1-2,5,8,13H,3-4,6-7,9-11,16H2. The maximum atomic E-state index is 12.0. The van der Waals surface area contributed by atoms with Gasteiger partial charge in [0, 0.05) is 25.6 Å². The first-order valence-corrected chi connectivity index (χ1v) is 7.14.